The summed E-state index contributed by atoms with van der Waals surface area (Å²) in [6.07, 6.45) is 1.88. The van der Waals surface area contributed by atoms with E-state index in [0.717, 1.165) is 94.8 Å². The van der Waals surface area contributed by atoms with Gasteiger partial charge in [-0.3, -0.25) is 9.55 Å². The van der Waals surface area contributed by atoms with Crippen molar-refractivity contribution in [3.63, 3.8) is 0 Å². The summed E-state index contributed by atoms with van der Waals surface area (Å²) in [4.78, 5) is 10.6. The maximum atomic E-state index is 12.6. The van der Waals surface area contributed by atoms with Gasteiger partial charge in [0.05, 0.1) is 28.0 Å². The molecule has 0 aliphatic heterocycles. The zero-order valence-corrected chi connectivity index (χ0v) is 41.5. The molecule has 0 spiro atoms. The summed E-state index contributed by atoms with van der Waals surface area (Å²) in [5.41, 5.74) is 15.7. The van der Waals surface area contributed by atoms with Crippen LogP contribution in [-0.4, -0.2) is 19.6 Å². The van der Waals surface area contributed by atoms with Gasteiger partial charge in [-0.15, -0.1) is 23.8 Å². The van der Waals surface area contributed by atoms with Crippen LogP contribution in [0.15, 0.2) is 138 Å². The van der Waals surface area contributed by atoms with Gasteiger partial charge in [0.15, 0.2) is 0 Å². The van der Waals surface area contributed by atoms with Crippen molar-refractivity contribution in [2.24, 2.45) is 0 Å². The summed E-state index contributed by atoms with van der Waals surface area (Å²) in [6, 6.07) is 48.8. The minimum absolute atomic E-state index is 0. The second-order valence-electron chi connectivity index (χ2n) is 21.2. The minimum atomic E-state index is -0.431. The third kappa shape index (κ3) is 7.37. The van der Waals surface area contributed by atoms with Gasteiger partial charge in [0, 0.05) is 54.9 Å². The van der Waals surface area contributed by atoms with Gasteiger partial charge >= 0.3 is 0 Å². The second-order valence-corrected chi connectivity index (χ2v) is 21.2. The Morgan fingerprint density at radius 1 is 0.646 bits per heavy atom. The summed E-state index contributed by atoms with van der Waals surface area (Å²) in [5, 5.41) is 13.5. The first kappa shape index (κ1) is 44.2. The van der Waals surface area contributed by atoms with Crippen LogP contribution in [0.25, 0.3) is 83.7 Å². The molecule has 0 atom stereocenters. The van der Waals surface area contributed by atoms with E-state index in [9.17, 15) is 5.11 Å². The molecular weight excluding hydrogens is 978 g/mol. The van der Waals surface area contributed by atoms with Crippen LogP contribution >= 0.6 is 0 Å². The number of phenols is 1. The molecule has 1 N–H and O–H groups in total. The van der Waals surface area contributed by atoms with Crippen LogP contribution in [0.1, 0.15) is 104 Å². The van der Waals surface area contributed by atoms with Gasteiger partial charge in [0.25, 0.3) is 0 Å². The number of hydrogen-bond donors (Lipinski definition) is 1. The van der Waals surface area contributed by atoms with Gasteiger partial charge in [-0.1, -0.05) is 166 Å². The predicted octanol–water partition coefficient (Wildman–Crippen LogP) is 15.5. The van der Waals surface area contributed by atoms with Crippen LogP contribution < -0.4 is 0 Å². The summed E-state index contributed by atoms with van der Waals surface area (Å²) >= 11 is 0. The van der Waals surface area contributed by atoms with Crippen molar-refractivity contribution in [3.8, 4) is 67.5 Å². The van der Waals surface area contributed by atoms with E-state index in [-0.39, 0.29) is 43.1 Å². The molecule has 0 bridgehead atoms. The van der Waals surface area contributed by atoms with E-state index in [2.05, 4.69) is 208 Å². The molecule has 0 unspecified atom stereocenters. The van der Waals surface area contributed by atoms with Crippen molar-refractivity contribution in [2.45, 2.75) is 97.8 Å². The van der Waals surface area contributed by atoms with E-state index in [1.54, 1.807) is 0 Å². The molecule has 1 aliphatic carbocycles. The van der Waals surface area contributed by atoms with Crippen LogP contribution in [0.5, 0.6) is 5.75 Å². The third-order valence-electron chi connectivity index (χ3n) is 13.3. The summed E-state index contributed by atoms with van der Waals surface area (Å²) in [5.74, 6) is 1.81. The molecule has 0 amide bonds. The number of aromatic nitrogens is 3. The third-order valence-corrected chi connectivity index (χ3v) is 13.3. The zero-order chi connectivity index (χ0) is 45.1. The Hall–Kier alpha value is -6.03. The van der Waals surface area contributed by atoms with Crippen LogP contribution in [0, 0.1) is 6.07 Å². The number of phenolic OH excluding ortho intramolecular Hbond substituents is 1. The molecule has 3 aromatic heterocycles. The van der Waals surface area contributed by atoms with Crippen molar-refractivity contribution >= 4 is 22.0 Å². The first-order chi connectivity index (χ1) is 30.3. The van der Waals surface area contributed by atoms with Crippen LogP contribution in [0.3, 0.4) is 0 Å². The number of nitrogens with zero attached hydrogens (tertiary/aromatic N) is 3. The predicted molar refractivity (Wildman–Crippen MR) is 265 cm³/mol. The SMILES string of the molecule is CC(C)(C)c1ccc(-n2c(-c3cc(C(C)(C)C)cc(C(C)(C)C)c3O)nc3c4c5c(oc4ccc32)C(C)(C)c2ccc(-c3cc(-c4ccccc4)ccn3)[c-]c2-5)c(-c2ccccc2)c1.[Pt]. The molecule has 1 aliphatic rings. The van der Waals surface area contributed by atoms with Crippen LogP contribution in [-0.2, 0) is 42.7 Å². The number of benzene rings is 6. The molecule has 330 valence electrons. The molecule has 0 fully saturated rings. The molecule has 0 saturated heterocycles. The molecule has 9 aromatic rings. The largest absolute Gasteiger partial charge is 0.507 e. The summed E-state index contributed by atoms with van der Waals surface area (Å²) in [6.45, 7) is 24.4. The molecule has 0 radical (unpaired) electrons. The number of fused-ring (bicyclic) bond motifs is 7. The molecule has 5 nitrogen and oxygen atoms in total. The fourth-order valence-corrected chi connectivity index (χ4v) is 9.56. The maximum absolute atomic E-state index is 12.6. The van der Waals surface area contributed by atoms with Gasteiger partial charge in [0.1, 0.15) is 17.2 Å². The first-order valence-corrected chi connectivity index (χ1v) is 22.5. The Bertz CT molecular complexity index is 3300. The minimum Gasteiger partial charge on any atom is -0.507 e. The van der Waals surface area contributed by atoms with Gasteiger partial charge in [-0.05, 0) is 86.0 Å². The first-order valence-electron chi connectivity index (χ1n) is 22.5. The monoisotopic (exact) mass is 1030 g/mol. The molecule has 10 rings (SSSR count). The second kappa shape index (κ2) is 15.6. The zero-order valence-electron chi connectivity index (χ0n) is 39.2. The number of imidazole rings is 1. The quantitative estimate of drug-likeness (QED) is 0.175. The maximum Gasteiger partial charge on any atom is 0.149 e. The van der Waals surface area contributed by atoms with Gasteiger partial charge in [-0.25, -0.2) is 4.98 Å². The topological polar surface area (TPSA) is 64.1 Å². The van der Waals surface area contributed by atoms with E-state index < -0.39 is 5.41 Å². The van der Waals surface area contributed by atoms with E-state index in [0.29, 0.717) is 11.4 Å². The Balaban J connectivity index is 0.00000533. The van der Waals surface area contributed by atoms with Crippen LogP contribution in [0.2, 0.25) is 0 Å². The van der Waals surface area contributed by atoms with Crippen molar-refractivity contribution in [1.82, 2.24) is 14.5 Å². The van der Waals surface area contributed by atoms with Crippen molar-refractivity contribution in [1.29, 1.82) is 0 Å². The number of rotatable bonds is 5. The normalized spacial score (nSPS) is 13.5. The standard InChI is InChI=1S/C59H56N3O2.Pt/c1-56(2,3)39-23-25-47(41(32-39)36-20-16-13-17-21-36)62-48-26-27-49-51(52(48)61-55(62)43-33-40(57(4,5)6)34-45(53(43)63)58(7,8)9)50-42-30-38(22-24-44(42)59(10,11)54(50)64-49)46-31-37(28-29-60-46)35-18-14-12-15-19-35;/h12-29,31-34,63H,1-11H3;/q-1;. The van der Waals surface area contributed by atoms with Gasteiger partial charge in [0.2, 0.25) is 0 Å². The Labute approximate surface area is 397 Å². The smallest absolute Gasteiger partial charge is 0.149 e. The average Bonchev–Trinajstić information content (AvgIpc) is 3.91. The summed E-state index contributed by atoms with van der Waals surface area (Å²) in [7, 11) is 0. The van der Waals surface area contributed by atoms with Crippen molar-refractivity contribution in [3.05, 3.63) is 168 Å². The number of furan rings is 1. The van der Waals surface area contributed by atoms with Gasteiger partial charge in [-0.2, -0.15) is 0 Å². The van der Waals surface area contributed by atoms with Gasteiger partial charge < -0.3 is 9.52 Å². The Kier molecular flexibility index (Phi) is 10.6. The van der Waals surface area contributed by atoms with Crippen LogP contribution in [0.4, 0.5) is 0 Å². The molecule has 6 aromatic carbocycles. The Morgan fingerprint density at radius 2 is 1.31 bits per heavy atom. The van der Waals surface area contributed by atoms with Crippen molar-refractivity contribution < 1.29 is 30.6 Å². The molecule has 65 heavy (non-hydrogen) atoms. The number of pyridine rings is 1. The van der Waals surface area contributed by atoms with E-state index in [1.165, 1.54) is 5.56 Å². The number of hydrogen-bond acceptors (Lipinski definition) is 4. The molecule has 3 heterocycles. The van der Waals surface area contributed by atoms with E-state index >= 15 is 0 Å². The summed E-state index contributed by atoms with van der Waals surface area (Å²) < 4.78 is 9.24. The fourth-order valence-electron chi connectivity index (χ4n) is 9.56. The van der Waals surface area contributed by atoms with E-state index in [4.69, 9.17) is 14.4 Å². The fraction of sp³-hybridized carbons (Fsp3) is 0.254. The van der Waals surface area contributed by atoms with Crippen molar-refractivity contribution in [2.75, 3.05) is 0 Å². The molecule has 0 saturated carbocycles. The molecular formula is C59H56N3O2Pt-. The van der Waals surface area contributed by atoms with E-state index in [1.807, 2.05) is 12.3 Å². The average molecular weight is 1030 g/mol. The number of aromatic hydroxyl groups is 1. The Morgan fingerprint density at radius 3 is 1.97 bits per heavy atom. The molecule has 6 heteroatoms.